The van der Waals surface area contributed by atoms with Gasteiger partial charge in [0.2, 0.25) is 0 Å². The number of thioether (sulfide) groups is 2. The van der Waals surface area contributed by atoms with Gasteiger partial charge in [-0.15, -0.1) is 0 Å². The molecular formula is C19H14N2O4S2. The molecule has 0 bridgehead atoms. The van der Waals surface area contributed by atoms with Crippen molar-refractivity contribution >= 4 is 52.0 Å². The number of hydrogen-bond donors (Lipinski definition) is 1. The summed E-state index contributed by atoms with van der Waals surface area (Å²) in [5, 5.41) is 9.37. The van der Waals surface area contributed by atoms with Gasteiger partial charge in [0.05, 0.1) is 16.9 Å². The quantitative estimate of drug-likeness (QED) is 0.769. The van der Waals surface area contributed by atoms with Gasteiger partial charge >= 0.3 is 5.97 Å². The van der Waals surface area contributed by atoms with E-state index in [1.807, 2.05) is 36.1 Å². The highest BCUT2D eigenvalue weighted by atomic mass is 32.2. The molecular weight excluding hydrogens is 384 g/mol. The number of carbonyl (C=O) groups excluding carboxylic acids is 2. The van der Waals surface area contributed by atoms with Crippen LogP contribution in [0.1, 0.15) is 17.3 Å². The van der Waals surface area contributed by atoms with Crippen molar-refractivity contribution in [3.63, 3.8) is 0 Å². The molecule has 0 aliphatic carbocycles. The van der Waals surface area contributed by atoms with Crippen LogP contribution in [0.25, 0.3) is 0 Å². The summed E-state index contributed by atoms with van der Waals surface area (Å²) < 4.78 is 0. The van der Waals surface area contributed by atoms with Crippen molar-refractivity contribution in [1.29, 1.82) is 0 Å². The number of benzene rings is 2. The third kappa shape index (κ3) is 2.90. The zero-order valence-electron chi connectivity index (χ0n) is 14.2. The zero-order chi connectivity index (χ0) is 19.1. The second-order valence-corrected chi connectivity index (χ2v) is 7.80. The Labute approximate surface area is 163 Å². The summed E-state index contributed by atoms with van der Waals surface area (Å²) in [5.41, 5.74) is 1.49. The van der Waals surface area contributed by atoms with E-state index in [1.165, 1.54) is 36.0 Å². The van der Waals surface area contributed by atoms with Gasteiger partial charge in [0.25, 0.3) is 11.1 Å². The van der Waals surface area contributed by atoms with Gasteiger partial charge < -0.3 is 10.0 Å². The summed E-state index contributed by atoms with van der Waals surface area (Å²) in [5.74, 6) is -1.45. The first-order chi connectivity index (χ1) is 13.0. The first-order valence-corrected chi connectivity index (χ1v) is 9.83. The van der Waals surface area contributed by atoms with Gasteiger partial charge in [0, 0.05) is 11.4 Å². The number of fused-ring (bicyclic) bond motifs is 1. The van der Waals surface area contributed by atoms with Crippen LogP contribution in [-0.4, -0.2) is 28.8 Å². The van der Waals surface area contributed by atoms with E-state index in [2.05, 4.69) is 0 Å². The number of carboxylic acids is 1. The number of nitrogens with zero attached hydrogens (tertiary/aromatic N) is 2. The molecule has 4 rings (SSSR count). The van der Waals surface area contributed by atoms with Crippen LogP contribution in [0.2, 0.25) is 0 Å². The normalized spacial score (nSPS) is 19.0. The minimum Gasteiger partial charge on any atom is -0.478 e. The van der Waals surface area contributed by atoms with Crippen LogP contribution in [0.15, 0.2) is 63.4 Å². The van der Waals surface area contributed by atoms with E-state index >= 15 is 0 Å². The molecule has 2 heterocycles. The lowest BCUT2D eigenvalue weighted by atomic mass is 10.2. The molecule has 0 radical (unpaired) electrons. The van der Waals surface area contributed by atoms with Crippen molar-refractivity contribution in [3.8, 4) is 0 Å². The lowest BCUT2D eigenvalue weighted by molar-refractivity contribution is -0.113. The predicted molar refractivity (Wildman–Crippen MR) is 106 cm³/mol. The lowest BCUT2D eigenvalue weighted by Crippen LogP contribution is -2.28. The maximum absolute atomic E-state index is 13.0. The fourth-order valence-electron chi connectivity index (χ4n) is 2.99. The van der Waals surface area contributed by atoms with Crippen molar-refractivity contribution in [2.45, 2.75) is 11.8 Å². The van der Waals surface area contributed by atoms with Crippen LogP contribution >= 0.6 is 23.5 Å². The Bertz CT molecular complexity index is 1000. The molecule has 8 heteroatoms. The van der Waals surface area contributed by atoms with E-state index in [0.29, 0.717) is 17.1 Å². The fourth-order valence-corrected chi connectivity index (χ4v) is 5.23. The summed E-state index contributed by atoms with van der Waals surface area (Å²) in [6, 6.07) is 13.6. The molecule has 0 unspecified atom stereocenters. The van der Waals surface area contributed by atoms with E-state index < -0.39 is 11.2 Å². The minimum atomic E-state index is -1.06. The highest BCUT2D eigenvalue weighted by Crippen LogP contribution is 2.50. The van der Waals surface area contributed by atoms with Crippen LogP contribution in [0.3, 0.4) is 0 Å². The van der Waals surface area contributed by atoms with Crippen molar-refractivity contribution in [2.24, 2.45) is 0 Å². The smallest absolute Gasteiger partial charge is 0.335 e. The third-order valence-electron chi connectivity index (χ3n) is 4.26. The largest absolute Gasteiger partial charge is 0.478 e. The Morgan fingerprint density at radius 1 is 1.04 bits per heavy atom. The summed E-state index contributed by atoms with van der Waals surface area (Å²) in [7, 11) is 0. The molecule has 1 N–H and O–H groups in total. The standard InChI is InChI=1S/C19H14N2O4S2/c1-2-20-13-5-3-4-6-14(13)26-17(20)15-16(22)21(19(25)27-15)12-9-7-11(8-10-12)18(23)24/h3-10H,2H2,1H3,(H,23,24). The molecule has 2 aromatic rings. The Morgan fingerprint density at radius 2 is 1.74 bits per heavy atom. The number of hydrogen-bond acceptors (Lipinski definition) is 6. The van der Waals surface area contributed by atoms with Crippen molar-refractivity contribution in [1.82, 2.24) is 0 Å². The molecule has 1 saturated heterocycles. The molecule has 1 fully saturated rings. The lowest BCUT2D eigenvalue weighted by Gasteiger charge is -2.19. The Balaban J connectivity index is 1.71. The zero-order valence-corrected chi connectivity index (χ0v) is 15.8. The van der Waals surface area contributed by atoms with Gasteiger partial charge in [-0.05, 0) is 55.1 Å². The van der Waals surface area contributed by atoms with E-state index in [4.69, 9.17) is 5.11 Å². The first-order valence-electron chi connectivity index (χ1n) is 8.19. The van der Waals surface area contributed by atoms with Gasteiger partial charge in [-0.3, -0.25) is 9.59 Å². The SMILES string of the molecule is CCN1C(=C2SC(=O)N(c3ccc(C(=O)O)cc3)C2=O)Sc2ccccc21. The minimum absolute atomic E-state index is 0.100. The number of imide groups is 1. The molecule has 0 spiro atoms. The summed E-state index contributed by atoms with van der Waals surface area (Å²) in [6.07, 6.45) is 0. The summed E-state index contributed by atoms with van der Waals surface area (Å²) >= 11 is 2.40. The van der Waals surface area contributed by atoms with E-state index in [0.717, 1.165) is 32.3 Å². The van der Waals surface area contributed by atoms with Gasteiger partial charge in [-0.1, -0.05) is 23.9 Å². The van der Waals surface area contributed by atoms with Gasteiger partial charge in [-0.25, -0.2) is 9.69 Å². The average Bonchev–Trinajstić information content (AvgIpc) is 3.18. The molecule has 0 saturated carbocycles. The molecule has 2 aromatic carbocycles. The first kappa shape index (κ1) is 17.7. The number of carbonyl (C=O) groups is 3. The Morgan fingerprint density at radius 3 is 2.41 bits per heavy atom. The number of amides is 2. The highest BCUT2D eigenvalue weighted by Gasteiger charge is 2.41. The van der Waals surface area contributed by atoms with Crippen LogP contribution < -0.4 is 9.80 Å². The second kappa shape index (κ2) is 6.79. The van der Waals surface area contributed by atoms with E-state index in [9.17, 15) is 14.4 Å². The van der Waals surface area contributed by atoms with Crippen LogP contribution in [0, 0.1) is 0 Å². The van der Waals surface area contributed by atoms with Crippen molar-refractivity contribution in [2.75, 3.05) is 16.3 Å². The molecule has 2 aliphatic heterocycles. The average molecular weight is 398 g/mol. The number of para-hydroxylation sites is 1. The van der Waals surface area contributed by atoms with E-state index in [-0.39, 0.29) is 11.5 Å². The number of anilines is 2. The van der Waals surface area contributed by atoms with Gasteiger partial charge in [0.15, 0.2) is 0 Å². The molecule has 2 amide bonds. The maximum atomic E-state index is 13.0. The second-order valence-electron chi connectivity index (χ2n) is 5.81. The molecule has 27 heavy (non-hydrogen) atoms. The van der Waals surface area contributed by atoms with Gasteiger partial charge in [-0.2, -0.15) is 0 Å². The summed E-state index contributed by atoms with van der Waals surface area (Å²) in [4.78, 5) is 41.1. The van der Waals surface area contributed by atoms with Crippen molar-refractivity contribution < 1.29 is 19.5 Å². The van der Waals surface area contributed by atoms with Crippen LogP contribution in [-0.2, 0) is 4.79 Å². The molecule has 0 atom stereocenters. The summed E-state index contributed by atoms with van der Waals surface area (Å²) in [6.45, 7) is 2.68. The third-order valence-corrected chi connectivity index (χ3v) is 6.50. The van der Waals surface area contributed by atoms with Crippen molar-refractivity contribution in [3.05, 3.63) is 64.0 Å². The molecule has 6 nitrogen and oxygen atoms in total. The number of rotatable bonds is 3. The number of carboxylic acid groups (broad SMARTS) is 1. The number of aromatic carboxylic acids is 1. The molecule has 2 aliphatic rings. The highest BCUT2D eigenvalue weighted by molar-refractivity contribution is 8.19. The Kier molecular flexibility index (Phi) is 4.45. The monoisotopic (exact) mass is 398 g/mol. The fraction of sp³-hybridized carbons (Fsp3) is 0.105. The maximum Gasteiger partial charge on any atom is 0.335 e. The van der Waals surface area contributed by atoms with E-state index in [1.54, 1.807) is 0 Å². The molecule has 0 aromatic heterocycles. The predicted octanol–water partition coefficient (Wildman–Crippen LogP) is 4.39. The molecule has 136 valence electrons. The van der Waals surface area contributed by atoms with Crippen LogP contribution in [0.5, 0.6) is 0 Å². The van der Waals surface area contributed by atoms with Gasteiger partial charge in [0.1, 0.15) is 9.93 Å². The topological polar surface area (TPSA) is 77.9 Å². The Hall–Kier alpha value is -2.71. The van der Waals surface area contributed by atoms with Crippen LogP contribution in [0.4, 0.5) is 16.2 Å².